The van der Waals surface area contributed by atoms with Crippen LogP contribution in [0.5, 0.6) is 0 Å². The monoisotopic (exact) mass is 384 g/mol. The first kappa shape index (κ1) is 19.8. The highest BCUT2D eigenvalue weighted by Crippen LogP contribution is 2.36. The van der Waals surface area contributed by atoms with Gasteiger partial charge in [-0.1, -0.05) is 41.9 Å². The van der Waals surface area contributed by atoms with Gasteiger partial charge < -0.3 is 10.6 Å². The zero-order chi connectivity index (χ0) is 19.2. The van der Waals surface area contributed by atoms with Crippen molar-refractivity contribution in [3.05, 3.63) is 64.7 Å². The van der Waals surface area contributed by atoms with E-state index >= 15 is 0 Å². The van der Waals surface area contributed by atoms with Crippen LogP contribution in [0.1, 0.15) is 17.5 Å². The third kappa shape index (κ3) is 6.07. The molecule has 8 heteroatoms. The smallest absolute Gasteiger partial charge is 0.347 e. The molecule has 26 heavy (non-hydrogen) atoms. The van der Waals surface area contributed by atoms with Crippen LogP contribution in [-0.4, -0.2) is 18.4 Å². The Balaban J connectivity index is 1.82. The van der Waals surface area contributed by atoms with E-state index < -0.39 is 22.7 Å². The Hall–Kier alpha value is -2.54. The molecule has 4 nitrogen and oxygen atoms in total. The molecule has 2 amide bonds. The van der Waals surface area contributed by atoms with Gasteiger partial charge in [-0.2, -0.15) is 13.2 Å². The number of amides is 2. The SMILES string of the molecule is O=C(CCc1ccccc1)NCC(=O)Nc1ccc(Cl)c(C(F)(F)F)c1. The van der Waals surface area contributed by atoms with E-state index in [4.69, 9.17) is 11.6 Å². The molecule has 0 saturated carbocycles. The standard InChI is InChI=1S/C18H16ClF3N2O2/c19-15-8-7-13(10-14(15)18(20,21)22)24-17(26)11-23-16(25)9-6-12-4-2-1-3-5-12/h1-5,7-8,10H,6,9,11H2,(H,23,25)(H,24,26). The number of alkyl halides is 3. The maximum atomic E-state index is 12.8. The highest BCUT2D eigenvalue weighted by Gasteiger charge is 2.33. The highest BCUT2D eigenvalue weighted by atomic mass is 35.5. The van der Waals surface area contributed by atoms with Crippen LogP contribution < -0.4 is 10.6 Å². The fourth-order valence-corrected chi connectivity index (χ4v) is 2.42. The third-order valence-electron chi connectivity index (χ3n) is 3.49. The Bertz CT molecular complexity index is 780. The molecule has 0 aliphatic heterocycles. The van der Waals surface area contributed by atoms with Crippen molar-refractivity contribution in [2.24, 2.45) is 0 Å². The molecule has 0 radical (unpaired) electrons. The van der Waals surface area contributed by atoms with E-state index in [9.17, 15) is 22.8 Å². The number of hydrogen-bond acceptors (Lipinski definition) is 2. The molecule has 0 heterocycles. The molecule has 2 aromatic rings. The van der Waals surface area contributed by atoms with E-state index in [-0.39, 0.29) is 24.6 Å². The summed E-state index contributed by atoms with van der Waals surface area (Å²) in [5, 5.41) is 4.27. The van der Waals surface area contributed by atoms with Gasteiger partial charge >= 0.3 is 6.18 Å². The maximum Gasteiger partial charge on any atom is 0.417 e. The molecule has 2 rings (SSSR count). The summed E-state index contributed by atoms with van der Waals surface area (Å²) in [7, 11) is 0. The Morgan fingerprint density at radius 3 is 2.35 bits per heavy atom. The van der Waals surface area contributed by atoms with Crippen molar-refractivity contribution in [2.75, 3.05) is 11.9 Å². The Morgan fingerprint density at radius 1 is 1.00 bits per heavy atom. The molecule has 0 unspecified atom stereocenters. The van der Waals surface area contributed by atoms with E-state index in [0.29, 0.717) is 6.42 Å². The van der Waals surface area contributed by atoms with Crippen LogP contribution in [0.3, 0.4) is 0 Å². The van der Waals surface area contributed by atoms with Crippen LogP contribution in [0.4, 0.5) is 18.9 Å². The van der Waals surface area contributed by atoms with Gasteiger partial charge in [-0.15, -0.1) is 0 Å². The molecular formula is C18H16ClF3N2O2. The molecule has 2 N–H and O–H groups in total. The summed E-state index contributed by atoms with van der Waals surface area (Å²) in [6.45, 7) is -0.336. The number of aryl methyl sites for hydroxylation is 1. The molecular weight excluding hydrogens is 369 g/mol. The van der Waals surface area contributed by atoms with E-state index in [1.807, 2.05) is 30.3 Å². The largest absolute Gasteiger partial charge is 0.417 e. The van der Waals surface area contributed by atoms with Crippen molar-refractivity contribution < 1.29 is 22.8 Å². The van der Waals surface area contributed by atoms with Crippen molar-refractivity contribution in [1.29, 1.82) is 0 Å². The number of halogens is 4. The molecule has 0 saturated heterocycles. The van der Waals surface area contributed by atoms with Gasteiger partial charge in [0, 0.05) is 12.1 Å². The molecule has 0 aliphatic rings. The summed E-state index contributed by atoms with van der Waals surface area (Å²) < 4.78 is 38.4. The summed E-state index contributed by atoms with van der Waals surface area (Å²) in [6.07, 6.45) is -3.89. The maximum absolute atomic E-state index is 12.8. The molecule has 2 aromatic carbocycles. The second-order valence-electron chi connectivity index (χ2n) is 5.50. The first-order valence-corrected chi connectivity index (χ1v) is 8.11. The van der Waals surface area contributed by atoms with Gasteiger partial charge in [-0.3, -0.25) is 9.59 Å². The van der Waals surface area contributed by atoms with E-state index in [2.05, 4.69) is 10.6 Å². The van der Waals surface area contributed by atoms with Gasteiger partial charge in [-0.05, 0) is 30.2 Å². The normalized spacial score (nSPS) is 11.1. The van der Waals surface area contributed by atoms with Crippen LogP contribution in [0.15, 0.2) is 48.5 Å². The summed E-state index contributed by atoms with van der Waals surface area (Å²) >= 11 is 5.52. The average Bonchev–Trinajstić information content (AvgIpc) is 2.60. The fraction of sp³-hybridized carbons (Fsp3) is 0.222. The van der Waals surface area contributed by atoms with E-state index in [1.54, 1.807) is 0 Å². The topological polar surface area (TPSA) is 58.2 Å². The van der Waals surface area contributed by atoms with Gasteiger partial charge in [0.25, 0.3) is 0 Å². The molecule has 0 fully saturated rings. The zero-order valence-electron chi connectivity index (χ0n) is 13.6. The summed E-state index contributed by atoms with van der Waals surface area (Å²) in [4.78, 5) is 23.5. The number of carbonyl (C=O) groups excluding carboxylic acids is 2. The Labute approximate surface area is 153 Å². The predicted octanol–water partition coefficient (Wildman–Crippen LogP) is 4.05. The molecule has 0 aliphatic carbocycles. The molecule has 0 spiro atoms. The van der Waals surface area contributed by atoms with Crippen molar-refractivity contribution in [3.8, 4) is 0 Å². The van der Waals surface area contributed by atoms with Crippen molar-refractivity contribution >= 4 is 29.1 Å². The minimum atomic E-state index is -4.62. The second kappa shape index (κ2) is 8.71. The molecule has 0 aromatic heterocycles. The van der Waals surface area contributed by atoms with Gasteiger partial charge in [0.15, 0.2) is 0 Å². The predicted molar refractivity (Wildman–Crippen MR) is 92.9 cm³/mol. The number of hydrogen-bond donors (Lipinski definition) is 2. The van der Waals surface area contributed by atoms with E-state index in [1.165, 1.54) is 6.07 Å². The molecule has 0 atom stereocenters. The highest BCUT2D eigenvalue weighted by molar-refractivity contribution is 6.31. The van der Waals surface area contributed by atoms with Crippen molar-refractivity contribution in [2.45, 2.75) is 19.0 Å². The number of anilines is 1. The lowest BCUT2D eigenvalue weighted by Gasteiger charge is -2.12. The minimum Gasteiger partial charge on any atom is -0.347 e. The summed E-state index contributed by atoms with van der Waals surface area (Å²) in [5.41, 5.74) is -0.0953. The zero-order valence-corrected chi connectivity index (χ0v) is 14.3. The summed E-state index contributed by atoms with van der Waals surface area (Å²) in [6, 6.07) is 12.4. The van der Waals surface area contributed by atoms with Gasteiger partial charge in [0.05, 0.1) is 17.1 Å². The Kier molecular flexibility index (Phi) is 6.63. The molecule has 138 valence electrons. The van der Waals surface area contributed by atoms with E-state index in [0.717, 1.165) is 17.7 Å². The second-order valence-corrected chi connectivity index (χ2v) is 5.91. The third-order valence-corrected chi connectivity index (χ3v) is 3.81. The van der Waals surface area contributed by atoms with Crippen LogP contribution in [0.2, 0.25) is 5.02 Å². The number of nitrogens with one attached hydrogen (secondary N) is 2. The van der Waals surface area contributed by atoms with Crippen LogP contribution in [0.25, 0.3) is 0 Å². The van der Waals surface area contributed by atoms with Crippen molar-refractivity contribution in [3.63, 3.8) is 0 Å². The first-order chi connectivity index (χ1) is 12.3. The van der Waals surface area contributed by atoms with Gasteiger partial charge in [0.2, 0.25) is 11.8 Å². The van der Waals surface area contributed by atoms with Gasteiger partial charge in [-0.25, -0.2) is 0 Å². The van der Waals surface area contributed by atoms with Gasteiger partial charge in [0.1, 0.15) is 0 Å². The minimum absolute atomic E-state index is 0.0507. The van der Waals surface area contributed by atoms with Crippen LogP contribution in [-0.2, 0) is 22.2 Å². The Morgan fingerprint density at radius 2 is 1.69 bits per heavy atom. The average molecular weight is 385 g/mol. The number of rotatable bonds is 6. The number of carbonyl (C=O) groups is 2. The van der Waals surface area contributed by atoms with Crippen LogP contribution >= 0.6 is 11.6 Å². The first-order valence-electron chi connectivity index (χ1n) is 7.73. The fourth-order valence-electron chi connectivity index (χ4n) is 2.20. The lowest BCUT2D eigenvalue weighted by Crippen LogP contribution is -2.33. The van der Waals surface area contributed by atoms with Crippen molar-refractivity contribution in [1.82, 2.24) is 5.32 Å². The molecule has 0 bridgehead atoms. The quantitative estimate of drug-likeness (QED) is 0.789. The lowest BCUT2D eigenvalue weighted by molar-refractivity contribution is -0.137. The summed E-state index contributed by atoms with van der Waals surface area (Å²) in [5.74, 6) is -0.954. The van der Waals surface area contributed by atoms with Crippen LogP contribution in [0, 0.1) is 0 Å². The lowest BCUT2D eigenvalue weighted by atomic mass is 10.1. The number of benzene rings is 2.